The van der Waals surface area contributed by atoms with E-state index in [9.17, 15) is 0 Å². The van der Waals surface area contributed by atoms with Crippen molar-refractivity contribution in [1.29, 1.82) is 0 Å². The molecule has 0 heterocycles. The lowest BCUT2D eigenvalue weighted by Crippen LogP contribution is -1.98. The van der Waals surface area contributed by atoms with Crippen molar-refractivity contribution in [3.05, 3.63) is 54.1 Å². The predicted octanol–water partition coefficient (Wildman–Crippen LogP) is 3.28. The minimum atomic E-state index is 0.504. The Balaban J connectivity index is 2.14. The summed E-state index contributed by atoms with van der Waals surface area (Å²) in [6.45, 7) is 0.504. The van der Waals surface area contributed by atoms with Gasteiger partial charge in [0.15, 0.2) is 11.5 Å². The van der Waals surface area contributed by atoms with Crippen molar-refractivity contribution in [2.24, 2.45) is 0 Å². The Labute approximate surface area is 107 Å². The van der Waals surface area contributed by atoms with Crippen molar-refractivity contribution in [3.8, 4) is 17.2 Å². The zero-order chi connectivity index (χ0) is 12.8. The third-order valence-electron chi connectivity index (χ3n) is 2.60. The highest BCUT2D eigenvalue weighted by Gasteiger charge is 2.10. The number of hydrogen-bond acceptors (Lipinski definition) is 3. The Morgan fingerprint density at radius 1 is 0.778 bits per heavy atom. The molecule has 18 heavy (non-hydrogen) atoms. The topological polar surface area (TPSA) is 27.7 Å². The van der Waals surface area contributed by atoms with Crippen LogP contribution in [0.3, 0.4) is 0 Å². The van der Waals surface area contributed by atoms with Crippen molar-refractivity contribution in [3.63, 3.8) is 0 Å². The fraction of sp³-hybridized carbons (Fsp3) is 0.200. The van der Waals surface area contributed by atoms with Crippen LogP contribution in [0, 0.1) is 0 Å². The maximum atomic E-state index is 5.75. The van der Waals surface area contributed by atoms with Gasteiger partial charge in [-0.3, -0.25) is 0 Å². The van der Waals surface area contributed by atoms with Crippen molar-refractivity contribution in [2.45, 2.75) is 6.61 Å². The molecular formula is C15H16O3. The summed E-state index contributed by atoms with van der Waals surface area (Å²) in [5.74, 6) is 1.97. The van der Waals surface area contributed by atoms with Gasteiger partial charge in [0.1, 0.15) is 6.61 Å². The molecule has 2 aromatic carbocycles. The summed E-state index contributed by atoms with van der Waals surface area (Å²) in [6.07, 6.45) is 0. The lowest BCUT2D eigenvalue weighted by atomic mass is 10.2. The van der Waals surface area contributed by atoms with Crippen LogP contribution in [0.1, 0.15) is 5.56 Å². The number of rotatable bonds is 5. The second-order valence-corrected chi connectivity index (χ2v) is 3.77. The number of ether oxygens (including phenoxy) is 3. The van der Waals surface area contributed by atoms with E-state index in [2.05, 4.69) is 0 Å². The van der Waals surface area contributed by atoms with Crippen LogP contribution in [0.4, 0.5) is 0 Å². The van der Waals surface area contributed by atoms with Crippen molar-refractivity contribution in [1.82, 2.24) is 0 Å². The molecule has 3 nitrogen and oxygen atoms in total. The summed E-state index contributed by atoms with van der Waals surface area (Å²) in [5.41, 5.74) is 1.11. The third kappa shape index (κ3) is 2.74. The van der Waals surface area contributed by atoms with Crippen LogP contribution in [0.15, 0.2) is 48.5 Å². The quantitative estimate of drug-likeness (QED) is 0.807. The Morgan fingerprint density at radius 2 is 1.50 bits per heavy atom. The normalized spacial score (nSPS) is 9.89. The summed E-state index contributed by atoms with van der Waals surface area (Å²) in [4.78, 5) is 0. The predicted molar refractivity (Wildman–Crippen MR) is 70.3 cm³/mol. The highest BCUT2D eigenvalue weighted by atomic mass is 16.5. The van der Waals surface area contributed by atoms with Gasteiger partial charge in [0, 0.05) is 0 Å². The van der Waals surface area contributed by atoms with Crippen LogP contribution in [0.2, 0.25) is 0 Å². The molecule has 0 atom stereocenters. The van der Waals surface area contributed by atoms with Gasteiger partial charge in [0.05, 0.1) is 14.2 Å². The highest BCUT2D eigenvalue weighted by molar-refractivity contribution is 5.51. The van der Waals surface area contributed by atoms with E-state index in [4.69, 9.17) is 14.2 Å². The van der Waals surface area contributed by atoms with Gasteiger partial charge >= 0.3 is 0 Å². The minimum absolute atomic E-state index is 0.504. The highest BCUT2D eigenvalue weighted by Crippen LogP contribution is 2.36. The van der Waals surface area contributed by atoms with Crippen LogP contribution < -0.4 is 14.2 Å². The molecule has 0 aromatic heterocycles. The summed E-state index contributed by atoms with van der Waals surface area (Å²) < 4.78 is 16.3. The molecule has 94 valence electrons. The SMILES string of the molecule is COc1cccc(OCc2ccccc2)c1OC. The standard InChI is InChI=1S/C15H16O3/c1-16-13-9-6-10-14(15(13)17-2)18-11-12-7-4-3-5-8-12/h3-10H,11H2,1-2H3. The molecule has 0 aliphatic carbocycles. The van der Waals surface area contributed by atoms with Crippen molar-refractivity contribution >= 4 is 0 Å². The Morgan fingerprint density at radius 3 is 2.17 bits per heavy atom. The average Bonchev–Trinajstić information content (AvgIpc) is 2.45. The summed E-state index contributed by atoms with van der Waals surface area (Å²) >= 11 is 0. The lowest BCUT2D eigenvalue weighted by molar-refractivity contribution is 0.275. The van der Waals surface area contributed by atoms with E-state index in [1.807, 2.05) is 48.5 Å². The first-order valence-corrected chi connectivity index (χ1v) is 5.73. The van der Waals surface area contributed by atoms with E-state index in [0.29, 0.717) is 23.9 Å². The van der Waals surface area contributed by atoms with Crippen molar-refractivity contribution < 1.29 is 14.2 Å². The van der Waals surface area contributed by atoms with E-state index in [-0.39, 0.29) is 0 Å². The second-order valence-electron chi connectivity index (χ2n) is 3.77. The van der Waals surface area contributed by atoms with Gasteiger partial charge in [-0.1, -0.05) is 36.4 Å². The Hall–Kier alpha value is -2.16. The molecule has 2 aromatic rings. The number of methoxy groups -OCH3 is 2. The fourth-order valence-corrected chi connectivity index (χ4v) is 1.71. The van der Waals surface area contributed by atoms with Crippen LogP contribution in [-0.2, 0) is 6.61 Å². The first-order chi connectivity index (χ1) is 8.85. The molecule has 0 amide bonds. The van der Waals surface area contributed by atoms with Gasteiger partial charge in [-0.2, -0.15) is 0 Å². The molecular weight excluding hydrogens is 228 g/mol. The van der Waals surface area contributed by atoms with Gasteiger partial charge in [0.2, 0.25) is 5.75 Å². The largest absolute Gasteiger partial charge is 0.493 e. The maximum absolute atomic E-state index is 5.75. The first kappa shape index (κ1) is 12.3. The Kier molecular flexibility index (Phi) is 4.07. The van der Waals surface area contributed by atoms with E-state index in [0.717, 1.165) is 5.56 Å². The minimum Gasteiger partial charge on any atom is -0.493 e. The molecule has 0 saturated carbocycles. The zero-order valence-electron chi connectivity index (χ0n) is 10.6. The smallest absolute Gasteiger partial charge is 0.203 e. The van der Waals surface area contributed by atoms with E-state index in [1.54, 1.807) is 14.2 Å². The van der Waals surface area contributed by atoms with Gasteiger partial charge in [-0.05, 0) is 17.7 Å². The summed E-state index contributed by atoms with van der Waals surface area (Å²) in [7, 11) is 3.21. The van der Waals surface area contributed by atoms with E-state index >= 15 is 0 Å². The second kappa shape index (κ2) is 5.96. The molecule has 2 rings (SSSR count). The molecule has 0 aliphatic rings. The van der Waals surface area contributed by atoms with Crippen LogP contribution in [0.5, 0.6) is 17.2 Å². The molecule has 0 radical (unpaired) electrons. The molecule has 0 bridgehead atoms. The molecule has 0 fully saturated rings. The third-order valence-corrected chi connectivity index (χ3v) is 2.60. The summed E-state index contributed by atoms with van der Waals surface area (Å²) in [5, 5.41) is 0. The summed E-state index contributed by atoms with van der Waals surface area (Å²) in [6, 6.07) is 15.6. The zero-order valence-corrected chi connectivity index (χ0v) is 10.6. The van der Waals surface area contributed by atoms with E-state index < -0.39 is 0 Å². The Bertz CT molecular complexity index is 494. The van der Waals surface area contributed by atoms with Crippen LogP contribution >= 0.6 is 0 Å². The van der Waals surface area contributed by atoms with Gasteiger partial charge in [-0.15, -0.1) is 0 Å². The fourth-order valence-electron chi connectivity index (χ4n) is 1.71. The monoisotopic (exact) mass is 244 g/mol. The van der Waals surface area contributed by atoms with Gasteiger partial charge in [-0.25, -0.2) is 0 Å². The van der Waals surface area contributed by atoms with Crippen LogP contribution in [-0.4, -0.2) is 14.2 Å². The van der Waals surface area contributed by atoms with E-state index in [1.165, 1.54) is 0 Å². The van der Waals surface area contributed by atoms with Crippen molar-refractivity contribution in [2.75, 3.05) is 14.2 Å². The maximum Gasteiger partial charge on any atom is 0.203 e. The molecule has 3 heteroatoms. The number of benzene rings is 2. The first-order valence-electron chi connectivity index (χ1n) is 5.73. The molecule has 0 saturated heterocycles. The molecule has 0 spiro atoms. The number of hydrogen-bond donors (Lipinski definition) is 0. The lowest BCUT2D eigenvalue weighted by Gasteiger charge is -2.13. The number of para-hydroxylation sites is 1. The van der Waals surface area contributed by atoms with Gasteiger partial charge < -0.3 is 14.2 Å². The van der Waals surface area contributed by atoms with Crippen LogP contribution in [0.25, 0.3) is 0 Å². The van der Waals surface area contributed by atoms with Gasteiger partial charge in [0.25, 0.3) is 0 Å². The molecule has 0 N–H and O–H groups in total. The molecule has 0 aliphatic heterocycles. The molecule has 0 unspecified atom stereocenters. The average molecular weight is 244 g/mol.